The van der Waals surface area contributed by atoms with Crippen LogP contribution in [0.15, 0.2) is 46.9 Å². The van der Waals surface area contributed by atoms with Gasteiger partial charge in [0.25, 0.3) is 0 Å². The standard InChI is InChI=1S/C22H27BrN2O2/c1-5-24-22(27)17(4)25(14-18-7-6-8-20(23)12-18)21(26)13-19-10-15(2)9-16(3)11-19/h6-12,17H,5,13-14H2,1-4H3,(H,24,27)/t17-/m1/s1. The summed E-state index contributed by atoms with van der Waals surface area (Å²) in [7, 11) is 0. The molecule has 0 aromatic heterocycles. The Labute approximate surface area is 170 Å². The van der Waals surface area contributed by atoms with Crippen LogP contribution in [0.3, 0.4) is 0 Å². The summed E-state index contributed by atoms with van der Waals surface area (Å²) in [5, 5.41) is 2.82. The van der Waals surface area contributed by atoms with Gasteiger partial charge < -0.3 is 10.2 Å². The molecule has 0 saturated carbocycles. The highest BCUT2D eigenvalue weighted by molar-refractivity contribution is 9.10. The molecule has 2 rings (SSSR count). The van der Waals surface area contributed by atoms with E-state index in [4.69, 9.17) is 0 Å². The molecule has 0 aliphatic rings. The summed E-state index contributed by atoms with van der Waals surface area (Å²) >= 11 is 3.47. The molecule has 0 bridgehead atoms. The van der Waals surface area contributed by atoms with Crippen molar-refractivity contribution in [3.8, 4) is 0 Å². The van der Waals surface area contributed by atoms with Gasteiger partial charge in [0, 0.05) is 17.6 Å². The van der Waals surface area contributed by atoms with Crippen molar-refractivity contribution in [2.45, 2.75) is 46.7 Å². The van der Waals surface area contributed by atoms with Gasteiger partial charge in [-0.25, -0.2) is 0 Å². The molecule has 0 fully saturated rings. The van der Waals surface area contributed by atoms with E-state index in [-0.39, 0.29) is 18.2 Å². The molecule has 4 nitrogen and oxygen atoms in total. The van der Waals surface area contributed by atoms with Crippen LogP contribution in [0, 0.1) is 13.8 Å². The Kier molecular flexibility index (Phi) is 7.60. The van der Waals surface area contributed by atoms with Gasteiger partial charge in [-0.05, 0) is 51.0 Å². The predicted molar refractivity (Wildman–Crippen MR) is 112 cm³/mol. The van der Waals surface area contributed by atoms with Crippen LogP contribution in [0.4, 0.5) is 0 Å². The van der Waals surface area contributed by atoms with E-state index in [1.807, 2.05) is 57.2 Å². The normalized spacial score (nSPS) is 11.7. The molecule has 0 saturated heterocycles. The van der Waals surface area contributed by atoms with Crippen molar-refractivity contribution in [3.63, 3.8) is 0 Å². The zero-order chi connectivity index (χ0) is 20.0. The number of nitrogens with zero attached hydrogens (tertiary/aromatic N) is 1. The van der Waals surface area contributed by atoms with Crippen LogP contribution in [-0.2, 0) is 22.6 Å². The number of nitrogens with one attached hydrogen (secondary N) is 1. The molecule has 1 N–H and O–H groups in total. The van der Waals surface area contributed by atoms with Gasteiger partial charge in [-0.15, -0.1) is 0 Å². The largest absolute Gasteiger partial charge is 0.355 e. The summed E-state index contributed by atoms with van der Waals surface area (Å²) in [5.74, 6) is -0.194. The van der Waals surface area contributed by atoms with Crippen molar-refractivity contribution in [1.82, 2.24) is 10.2 Å². The topological polar surface area (TPSA) is 49.4 Å². The molecular formula is C22H27BrN2O2. The fourth-order valence-electron chi connectivity index (χ4n) is 3.18. The minimum absolute atomic E-state index is 0.0567. The van der Waals surface area contributed by atoms with Gasteiger partial charge in [0.1, 0.15) is 6.04 Å². The fourth-order valence-corrected chi connectivity index (χ4v) is 3.63. The quantitative estimate of drug-likeness (QED) is 0.716. The smallest absolute Gasteiger partial charge is 0.242 e. The number of benzene rings is 2. The van der Waals surface area contributed by atoms with Crippen molar-refractivity contribution >= 4 is 27.7 Å². The molecule has 0 unspecified atom stereocenters. The van der Waals surface area contributed by atoms with Crippen molar-refractivity contribution in [1.29, 1.82) is 0 Å². The number of halogens is 1. The number of rotatable bonds is 7. The van der Waals surface area contributed by atoms with E-state index in [1.54, 1.807) is 11.8 Å². The summed E-state index contributed by atoms with van der Waals surface area (Å²) in [4.78, 5) is 27.2. The summed E-state index contributed by atoms with van der Waals surface area (Å²) in [6.45, 7) is 8.64. The molecule has 1 atom stereocenters. The number of carbonyl (C=O) groups excluding carboxylic acids is 2. The number of amides is 2. The highest BCUT2D eigenvalue weighted by Crippen LogP contribution is 2.17. The maximum absolute atomic E-state index is 13.1. The first-order valence-corrected chi connectivity index (χ1v) is 9.98. The Morgan fingerprint density at radius 3 is 2.33 bits per heavy atom. The summed E-state index contributed by atoms with van der Waals surface area (Å²) in [6.07, 6.45) is 0.278. The number of aryl methyl sites for hydroxylation is 2. The maximum atomic E-state index is 13.1. The number of likely N-dealkylation sites (N-methyl/N-ethyl adjacent to an activating group) is 1. The molecule has 0 radical (unpaired) electrons. The van der Waals surface area contributed by atoms with Gasteiger partial charge in [0.05, 0.1) is 6.42 Å². The second-order valence-electron chi connectivity index (χ2n) is 6.89. The average molecular weight is 431 g/mol. The molecule has 2 amide bonds. The van der Waals surface area contributed by atoms with Gasteiger partial charge in [-0.1, -0.05) is 57.4 Å². The number of hydrogen-bond acceptors (Lipinski definition) is 2. The van der Waals surface area contributed by atoms with Crippen LogP contribution in [-0.4, -0.2) is 29.3 Å². The maximum Gasteiger partial charge on any atom is 0.242 e. The molecule has 2 aromatic carbocycles. The van der Waals surface area contributed by atoms with Crippen LogP contribution in [0.2, 0.25) is 0 Å². The van der Waals surface area contributed by atoms with Crippen LogP contribution >= 0.6 is 15.9 Å². The van der Waals surface area contributed by atoms with Gasteiger partial charge in [-0.2, -0.15) is 0 Å². The lowest BCUT2D eigenvalue weighted by molar-refractivity contribution is -0.140. The zero-order valence-corrected chi connectivity index (χ0v) is 18.0. The SMILES string of the molecule is CCNC(=O)[C@@H](C)N(Cc1cccc(Br)c1)C(=O)Cc1cc(C)cc(C)c1. The van der Waals surface area contributed by atoms with Crippen molar-refractivity contribution < 1.29 is 9.59 Å². The first kappa shape index (κ1) is 21.2. The minimum atomic E-state index is -0.540. The zero-order valence-electron chi connectivity index (χ0n) is 16.4. The third-order valence-corrected chi connectivity index (χ3v) is 4.89. The Bertz CT molecular complexity index is 799. The third kappa shape index (κ3) is 6.21. The fraction of sp³-hybridized carbons (Fsp3) is 0.364. The third-order valence-electron chi connectivity index (χ3n) is 4.40. The molecule has 0 spiro atoms. The molecule has 27 heavy (non-hydrogen) atoms. The van der Waals surface area contributed by atoms with E-state index in [9.17, 15) is 9.59 Å². The van der Waals surface area contributed by atoms with E-state index < -0.39 is 6.04 Å². The van der Waals surface area contributed by atoms with Crippen LogP contribution in [0.25, 0.3) is 0 Å². The Hall–Kier alpha value is -2.14. The van der Waals surface area contributed by atoms with Crippen LogP contribution < -0.4 is 5.32 Å². The highest BCUT2D eigenvalue weighted by Gasteiger charge is 2.26. The first-order chi connectivity index (χ1) is 12.8. The summed E-state index contributed by atoms with van der Waals surface area (Å²) < 4.78 is 0.951. The van der Waals surface area contributed by atoms with E-state index in [0.29, 0.717) is 13.1 Å². The molecule has 0 heterocycles. The summed E-state index contributed by atoms with van der Waals surface area (Å²) in [6, 6.07) is 13.4. The average Bonchev–Trinajstić information content (AvgIpc) is 2.58. The Morgan fingerprint density at radius 2 is 1.74 bits per heavy atom. The minimum Gasteiger partial charge on any atom is -0.355 e. The lowest BCUT2D eigenvalue weighted by atomic mass is 10.0. The second kappa shape index (κ2) is 9.70. The number of carbonyl (C=O) groups is 2. The van der Waals surface area contributed by atoms with E-state index in [2.05, 4.69) is 27.3 Å². The molecule has 0 aliphatic carbocycles. The highest BCUT2D eigenvalue weighted by atomic mass is 79.9. The molecule has 2 aromatic rings. The lowest BCUT2D eigenvalue weighted by Gasteiger charge is -2.29. The molecule has 5 heteroatoms. The van der Waals surface area contributed by atoms with Crippen LogP contribution in [0.5, 0.6) is 0 Å². The van der Waals surface area contributed by atoms with Gasteiger partial charge in [0.2, 0.25) is 11.8 Å². The summed E-state index contributed by atoms with van der Waals surface area (Å²) in [5.41, 5.74) is 4.22. The first-order valence-electron chi connectivity index (χ1n) is 9.19. The molecular weight excluding hydrogens is 404 g/mol. The van der Waals surface area contributed by atoms with E-state index in [0.717, 1.165) is 26.7 Å². The lowest BCUT2D eigenvalue weighted by Crippen LogP contribution is -2.48. The second-order valence-corrected chi connectivity index (χ2v) is 7.81. The Morgan fingerprint density at radius 1 is 1.07 bits per heavy atom. The predicted octanol–water partition coefficient (Wildman–Crippen LogP) is 4.16. The van der Waals surface area contributed by atoms with Gasteiger partial charge >= 0.3 is 0 Å². The van der Waals surface area contributed by atoms with Crippen molar-refractivity contribution in [2.24, 2.45) is 0 Å². The molecule has 144 valence electrons. The van der Waals surface area contributed by atoms with E-state index >= 15 is 0 Å². The van der Waals surface area contributed by atoms with Crippen LogP contribution in [0.1, 0.15) is 36.1 Å². The van der Waals surface area contributed by atoms with Gasteiger partial charge in [-0.3, -0.25) is 9.59 Å². The number of hydrogen-bond donors (Lipinski definition) is 1. The van der Waals surface area contributed by atoms with Crippen molar-refractivity contribution in [2.75, 3.05) is 6.54 Å². The monoisotopic (exact) mass is 430 g/mol. The van der Waals surface area contributed by atoms with Crippen molar-refractivity contribution in [3.05, 3.63) is 69.2 Å². The molecule has 0 aliphatic heterocycles. The van der Waals surface area contributed by atoms with E-state index in [1.165, 1.54) is 0 Å². The Balaban J connectivity index is 2.26. The van der Waals surface area contributed by atoms with Gasteiger partial charge in [0.15, 0.2) is 0 Å².